The van der Waals surface area contributed by atoms with E-state index in [4.69, 9.17) is 0 Å². The van der Waals surface area contributed by atoms with Crippen molar-refractivity contribution in [2.75, 3.05) is 0 Å². The molecule has 0 radical (unpaired) electrons. The molecule has 0 amide bonds. The molecule has 0 aliphatic heterocycles. The van der Waals surface area contributed by atoms with Crippen molar-refractivity contribution < 1.29 is 0 Å². The van der Waals surface area contributed by atoms with Crippen LogP contribution in [0.2, 0.25) is 0 Å². The van der Waals surface area contributed by atoms with Gasteiger partial charge in [-0.1, -0.05) is 90.7 Å². The van der Waals surface area contributed by atoms with Crippen LogP contribution in [0.1, 0.15) is 104 Å². The van der Waals surface area contributed by atoms with Crippen molar-refractivity contribution in [1.29, 1.82) is 0 Å². The van der Waals surface area contributed by atoms with Gasteiger partial charge in [-0.25, -0.2) is 0 Å². The van der Waals surface area contributed by atoms with Gasteiger partial charge in [0.05, 0.1) is 0 Å². The molecule has 0 aromatic heterocycles. The van der Waals surface area contributed by atoms with Gasteiger partial charge in [-0.15, -0.1) is 0 Å². The first-order valence-electron chi connectivity index (χ1n) is 9.00. The van der Waals surface area contributed by atoms with Crippen molar-refractivity contribution in [3.63, 3.8) is 0 Å². The standard InChI is InChI=1S/C19H38/c1-4-7-9-10-11-12-13-14-15-16-18-19(6-3)17-8-5-2/h13-14,19H,4-12,15-18H2,1-3H3. The molecule has 0 spiro atoms. The molecular formula is C19H38. The molecule has 0 aromatic rings. The fourth-order valence-electron chi connectivity index (χ4n) is 2.67. The minimum absolute atomic E-state index is 0.988. The number of hydrogen-bond acceptors (Lipinski definition) is 0. The lowest BCUT2D eigenvalue weighted by atomic mass is 9.93. The topological polar surface area (TPSA) is 0 Å². The van der Waals surface area contributed by atoms with Gasteiger partial charge in [0, 0.05) is 0 Å². The Labute approximate surface area is 123 Å². The Kier molecular flexibility index (Phi) is 15.6. The minimum atomic E-state index is 0.988. The van der Waals surface area contributed by atoms with Crippen molar-refractivity contribution in [3.05, 3.63) is 12.2 Å². The summed E-state index contributed by atoms with van der Waals surface area (Å²) in [7, 11) is 0. The van der Waals surface area contributed by atoms with Crippen molar-refractivity contribution in [3.8, 4) is 0 Å². The van der Waals surface area contributed by atoms with E-state index in [0.29, 0.717) is 0 Å². The zero-order valence-corrected chi connectivity index (χ0v) is 13.9. The third kappa shape index (κ3) is 14.0. The van der Waals surface area contributed by atoms with Crippen LogP contribution in [0.15, 0.2) is 12.2 Å². The van der Waals surface area contributed by atoms with Crippen molar-refractivity contribution in [2.24, 2.45) is 5.92 Å². The summed E-state index contributed by atoms with van der Waals surface area (Å²) in [6.07, 6.45) is 22.9. The van der Waals surface area contributed by atoms with Gasteiger partial charge in [0.2, 0.25) is 0 Å². The molecule has 0 rings (SSSR count). The number of allylic oxidation sites excluding steroid dienone is 2. The Morgan fingerprint density at radius 3 is 1.84 bits per heavy atom. The average Bonchev–Trinajstić information content (AvgIpc) is 2.44. The third-order valence-corrected chi connectivity index (χ3v) is 4.17. The van der Waals surface area contributed by atoms with Crippen molar-refractivity contribution >= 4 is 0 Å². The van der Waals surface area contributed by atoms with Gasteiger partial charge in [-0.2, -0.15) is 0 Å². The minimum Gasteiger partial charge on any atom is -0.0885 e. The second-order valence-corrected chi connectivity index (χ2v) is 6.02. The molecular weight excluding hydrogens is 228 g/mol. The highest BCUT2D eigenvalue weighted by molar-refractivity contribution is 4.81. The van der Waals surface area contributed by atoms with Crippen LogP contribution in [0, 0.1) is 5.92 Å². The molecule has 0 aliphatic rings. The maximum Gasteiger partial charge on any atom is -0.0351 e. The zero-order chi connectivity index (χ0) is 14.2. The number of rotatable bonds is 14. The molecule has 0 heteroatoms. The molecule has 0 heterocycles. The number of unbranched alkanes of at least 4 members (excludes halogenated alkanes) is 7. The SMILES string of the molecule is CCCCCCCC=CCCCC(CC)CCCC. The van der Waals surface area contributed by atoms with Crippen LogP contribution in [0.4, 0.5) is 0 Å². The highest BCUT2D eigenvalue weighted by Gasteiger charge is 2.04. The first-order chi connectivity index (χ1) is 9.35. The Bertz CT molecular complexity index is 180. The average molecular weight is 267 g/mol. The lowest BCUT2D eigenvalue weighted by Gasteiger charge is -2.13. The van der Waals surface area contributed by atoms with E-state index < -0.39 is 0 Å². The molecule has 0 aliphatic carbocycles. The summed E-state index contributed by atoms with van der Waals surface area (Å²) in [6, 6.07) is 0. The molecule has 114 valence electrons. The van der Waals surface area contributed by atoms with E-state index in [9.17, 15) is 0 Å². The quantitative estimate of drug-likeness (QED) is 0.229. The van der Waals surface area contributed by atoms with E-state index in [0.717, 1.165) is 5.92 Å². The summed E-state index contributed by atoms with van der Waals surface area (Å²) in [5.41, 5.74) is 0. The van der Waals surface area contributed by atoms with E-state index in [1.807, 2.05) is 0 Å². The second-order valence-electron chi connectivity index (χ2n) is 6.02. The highest BCUT2D eigenvalue weighted by Crippen LogP contribution is 2.19. The molecule has 0 nitrogen and oxygen atoms in total. The van der Waals surface area contributed by atoms with E-state index in [1.54, 1.807) is 0 Å². The predicted molar refractivity (Wildman–Crippen MR) is 89.7 cm³/mol. The first kappa shape index (κ1) is 18.7. The predicted octanol–water partition coefficient (Wildman–Crippen LogP) is 7.29. The monoisotopic (exact) mass is 266 g/mol. The molecule has 1 atom stereocenters. The van der Waals surface area contributed by atoms with E-state index in [-0.39, 0.29) is 0 Å². The third-order valence-electron chi connectivity index (χ3n) is 4.17. The van der Waals surface area contributed by atoms with E-state index in [1.165, 1.54) is 83.5 Å². The van der Waals surface area contributed by atoms with Crippen LogP contribution in [0.5, 0.6) is 0 Å². The summed E-state index contributed by atoms with van der Waals surface area (Å²) >= 11 is 0. The number of hydrogen-bond donors (Lipinski definition) is 0. The maximum absolute atomic E-state index is 2.42. The van der Waals surface area contributed by atoms with Gasteiger partial charge in [-0.05, 0) is 31.6 Å². The molecule has 0 saturated carbocycles. The largest absolute Gasteiger partial charge is 0.0885 e. The lowest BCUT2D eigenvalue weighted by Crippen LogP contribution is -1.98. The fourth-order valence-corrected chi connectivity index (χ4v) is 2.67. The molecule has 0 aromatic carbocycles. The fraction of sp³-hybridized carbons (Fsp3) is 0.895. The van der Waals surface area contributed by atoms with Gasteiger partial charge in [-0.3, -0.25) is 0 Å². The summed E-state index contributed by atoms with van der Waals surface area (Å²) in [5.74, 6) is 0.988. The van der Waals surface area contributed by atoms with Crippen LogP contribution >= 0.6 is 0 Å². The summed E-state index contributed by atoms with van der Waals surface area (Å²) in [4.78, 5) is 0. The normalized spacial score (nSPS) is 13.2. The van der Waals surface area contributed by atoms with Gasteiger partial charge in [0.25, 0.3) is 0 Å². The lowest BCUT2D eigenvalue weighted by molar-refractivity contribution is 0.411. The van der Waals surface area contributed by atoms with Crippen LogP contribution < -0.4 is 0 Å². The molecule has 19 heavy (non-hydrogen) atoms. The summed E-state index contributed by atoms with van der Waals surface area (Å²) in [6.45, 7) is 6.94. The van der Waals surface area contributed by atoms with Crippen LogP contribution in [-0.4, -0.2) is 0 Å². The molecule has 0 bridgehead atoms. The van der Waals surface area contributed by atoms with Gasteiger partial charge >= 0.3 is 0 Å². The Morgan fingerprint density at radius 2 is 1.21 bits per heavy atom. The second kappa shape index (κ2) is 15.8. The zero-order valence-electron chi connectivity index (χ0n) is 13.9. The summed E-state index contributed by atoms with van der Waals surface area (Å²) in [5, 5.41) is 0. The summed E-state index contributed by atoms with van der Waals surface area (Å²) < 4.78 is 0. The van der Waals surface area contributed by atoms with Crippen molar-refractivity contribution in [2.45, 2.75) is 104 Å². The Balaban J connectivity index is 3.31. The first-order valence-corrected chi connectivity index (χ1v) is 9.00. The van der Waals surface area contributed by atoms with Crippen LogP contribution in [0.25, 0.3) is 0 Å². The smallest absolute Gasteiger partial charge is 0.0351 e. The van der Waals surface area contributed by atoms with Gasteiger partial charge in [0.15, 0.2) is 0 Å². The van der Waals surface area contributed by atoms with Crippen molar-refractivity contribution in [1.82, 2.24) is 0 Å². The van der Waals surface area contributed by atoms with E-state index in [2.05, 4.69) is 32.9 Å². The Morgan fingerprint density at radius 1 is 0.632 bits per heavy atom. The Hall–Kier alpha value is -0.260. The molecule has 1 unspecified atom stereocenters. The van der Waals surface area contributed by atoms with E-state index >= 15 is 0 Å². The highest BCUT2D eigenvalue weighted by atomic mass is 14.1. The van der Waals surface area contributed by atoms with Gasteiger partial charge in [0.1, 0.15) is 0 Å². The van der Waals surface area contributed by atoms with Crippen LogP contribution in [-0.2, 0) is 0 Å². The van der Waals surface area contributed by atoms with Gasteiger partial charge < -0.3 is 0 Å². The maximum atomic E-state index is 2.42. The molecule has 0 fully saturated rings. The molecule has 0 saturated heterocycles. The van der Waals surface area contributed by atoms with Crippen LogP contribution in [0.3, 0.4) is 0 Å². The molecule has 0 N–H and O–H groups in total.